The van der Waals surface area contributed by atoms with Crippen molar-refractivity contribution in [3.63, 3.8) is 0 Å². The Morgan fingerprint density at radius 1 is 1.21 bits per heavy atom. The van der Waals surface area contributed by atoms with E-state index in [0.29, 0.717) is 17.9 Å². The lowest BCUT2D eigenvalue weighted by Gasteiger charge is -2.25. The normalized spacial score (nSPS) is 15.4. The van der Waals surface area contributed by atoms with Gasteiger partial charge in [-0.1, -0.05) is 33.8 Å². The molecule has 0 saturated carbocycles. The molecule has 2 N–H and O–H groups in total. The van der Waals surface area contributed by atoms with E-state index in [4.69, 9.17) is 5.73 Å². The van der Waals surface area contributed by atoms with E-state index in [1.165, 1.54) is 12.1 Å². The monoisotopic (exact) mass is 269 g/mol. The van der Waals surface area contributed by atoms with Crippen LogP contribution in [0, 0.1) is 29.9 Å². The molecule has 3 heteroatoms. The molecule has 0 aliphatic carbocycles. The average Bonchev–Trinajstić information content (AvgIpc) is 2.21. The van der Waals surface area contributed by atoms with Crippen LogP contribution in [0.4, 0.5) is 8.78 Å². The number of aryl methyl sites for hydroxylation is 1. The van der Waals surface area contributed by atoms with Crippen LogP contribution in [-0.2, 0) is 0 Å². The van der Waals surface area contributed by atoms with Gasteiger partial charge in [0.15, 0.2) is 0 Å². The quantitative estimate of drug-likeness (QED) is 0.839. The van der Waals surface area contributed by atoms with Crippen LogP contribution in [0.25, 0.3) is 0 Å². The zero-order valence-electron chi connectivity index (χ0n) is 12.6. The summed E-state index contributed by atoms with van der Waals surface area (Å²) in [5.74, 6) is -0.719. The highest BCUT2D eigenvalue weighted by molar-refractivity contribution is 5.29. The first-order valence-electron chi connectivity index (χ1n) is 6.82. The Balaban J connectivity index is 2.84. The van der Waals surface area contributed by atoms with Crippen molar-refractivity contribution in [2.24, 2.45) is 17.1 Å². The van der Waals surface area contributed by atoms with Crippen LogP contribution in [0.2, 0.25) is 0 Å². The third kappa shape index (κ3) is 4.57. The number of benzene rings is 1. The predicted molar refractivity (Wildman–Crippen MR) is 75.9 cm³/mol. The summed E-state index contributed by atoms with van der Waals surface area (Å²) in [6.45, 7) is 10.2. The van der Waals surface area contributed by atoms with E-state index >= 15 is 0 Å². The van der Waals surface area contributed by atoms with Gasteiger partial charge in [-0.05, 0) is 42.7 Å². The molecule has 1 nitrogen and oxygen atoms in total. The molecule has 0 aliphatic heterocycles. The fraction of sp³-hybridized carbons (Fsp3) is 0.625. The zero-order valence-corrected chi connectivity index (χ0v) is 12.6. The van der Waals surface area contributed by atoms with Gasteiger partial charge in [0.25, 0.3) is 0 Å². The second-order valence-electron chi connectivity index (χ2n) is 6.80. The fourth-order valence-corrected chi connectivity index (χ4v) is 2.70. The van der Waals surface area contributed by atoms with Gasteiger partial charge in [0.1, 0.15) is 11.6 Å². The smallest absolute Gasteiger partial charge is 0.133 e. The Kier molecular flexibility index (Phi) is 5.08. The van der Waals surface area contributed by atoms with Gasteiger partial charge in [0.2, 0.25) is 0 Å². The molecule has 0 saturated heterocycles. The van der Waals surface area contributed by atoms with Crippen LogP contribution >= 0.6 is 0 Å². The van der Waals surface area contributed by atoms with Crippen LogP contribution in [0.3, 0.4) is 0 Å². The minimum absolute atomic E-state index is 0.0285. The summed E-state index contributed by atoms with van der Waals surface area (Å²) in [5, 5.41) is 0. The van der Waals surface area contributed by atoms with Crippen LogP contribution in [0.5, 0.6) is 0 Å². The summed E-state index contributed by atoms with van der Waals surface area (Å²) in [5.41, 5.74) is 6.67. The van der Waals surface area contributed by atoms with Crippen LogP contribution in [-0.4, -0.2) is 0 Å². The Morgan fingerprint density at radius 2 is 1.79 bits per heavy atom. The second-order valence-corrected chi connectivity index (χ2v) is 6.80. The lowest BCUT2D eigenvalue weighted by Crippen LogP contribution is -2.20. The molecule has 19 heavy (non-hydrogen) atoms. The number of hydrogen-bond acceptors (Lipinski definition) is 1. The number of hydrogen-bond donors (Lipinski definition) is 1. The van der Waals surface area contributed by atoms with Crippen molar-refractivity contribution in [2.75, 3.05) is 0 Å². The minimum atomic E-state index is -0.586. The van der Waals surface area contributed by atoms with Gasteiger partial charge < -0.3 is 5.73 Å². The van der Waals surface area contributed by atoms with Gasteiger partial charge in [-0.3, -0.25) is 0 Å². The van der Waals surface area contributed by atoms with Crippen molar-refractivity contribution in [3.05, 3.63) is 34.9 Å². The highest BCUT2D eigenvalue weighted by Gasteiger charge is 2.22. The summed E-state index contributed by atoms with van der Waals surface area (Å²) >= 11 is 0. The summed E-state index contributed by atoms with van der Waals surface area (Å²) in [4.78, 5) is 0. The zero-order chi connectivity index (χ0) is 14.8. The summed E-state index contributed by atoms with van der Waals surface area (Å²) in [6.07, 6.45) is 1.57. The van der Waals surface area contributed by atoms with Crippen LogP contribution < -0.4 is 5.73 Å². The molecule has 1 aromatic carbocycles. The SMILES string of the molecule is Cc1ccc(F)c(C(N)CC(C)CC(C)(C)C)c1F. The van der Waals surface area contributed by atoms with E-state index in [9.17, 15) is 8.78 Å². The van der Waals surface area contributed by atoms with E-state index in [0.717, 1.165) is 6.42 Å². The average molecular weight is 269 g/mol. The summed E-state index contributed by atoms with van der Waals surface area (Å²) < 4.78 is 27.7. The molecule has 0 fully saturated rings. The molecular weight excluding hydrogens is 244 g/mol. The molecule has 0 bridgehead atoms. The first-order chi connectivity index (χ1) is 8.61. The standard InChI is InChI=1S/C16H25F2N/c1-10(9-16(3,4)5)8-13(19)14-12(17)7-6-11(2)15(14)18/h6-7,10,13H,8-9,19H2,1-5H3. The fourth-order valence-electron chi connectivity index (χ4n) is 2.70. The molecule has 1 aromatic rings. The molecule has 0 aromatic heterocycles. The number of nitrogens with two attached hydrogens (primary N) is 1. The second kappa shape index (κ2) is 6.00. The van der Waals surface area contributed by atoms with Gasteiger partial charge in [-0.15, -0.1) is 0 Å². The molecular formula is C16H25F2N. The maximum absolute atomic E-state index is 14.0. The van der Waals surface area contributed by atoms with Crippen molar-refractivity contribution in [2.45, 2.75) is 53.5 Å². The van der Waals surface area contributed by atoms with Crippen molar-refractivity contribution < 1.29 is 8.78 Å². The third-order valence-electron chi connectivity index (χ3n) is 3.31. The van der Waals surface area contributed by atoms with Crippen LogP contribution in [0.15, 0.2) is 12.1 Å². The highest BCUT2D eigenvalue weighted by Crippen LogP contribution is 2.31. The molecule has 2 unspecified atom stereocenters. The predicted octanol–water partition coefficient (Wildman–Crippen LogP) is 4.74. The van der Waals surface area contributed by atoms with Gasteiger partial charge in [-0.2, -0.15) is 0 Å². The summed E-state index contributed by atoms with van der Waals surface area (Å²) in [7, 11) is 0. The highest BCUT2D eigenvalue weighted by atomic mass is 19.1. The van der Waals surface area contributed by atoms with Crippen molar-refractivity contribution >= 4 is 0 Å². The lowest BCUT2D eigenvalue weighted by molar-refractivity contribution is 0.284. The van der Waals surface area contributed by atoms with Crippen molar-refractivity contribution in [3.8, 4) is 0 Å². The van der Waals surface area contributed by atoms with E-state index in [1.54, 1.807) is 6.92 Å². The van der Waals surface area contributed by atoms with Gasteiger partial charge in [-0.25, -0.2) is 8.78 Å². The Hall–Kier alpha value is -0.960. The van der Waals surface area contributed by atoms with E-state index in [1.807, 2.05) is 0 Å². The third-order valence-corrected chi connectivity index (χ3v) is 3.31. The Bertz CT molecular complexity index is 435. The minimum Gasteiger partial charge on any atom is -0.324 e. The molecule has 0 aliphatic rings. The largest absolute Gasteiger partial charge is 0.324 e. The van der Waals surface area contributed by atoms with E-state index in [-0.39, 0.29) is 11.0 Å². The van der Waals surface area contributed by atoms with Gasteiger partial charge in [0, 0.05) is 11.6 Å². The molecule has 0 spiro atoms. The van der Waals surface area contributed by atoms with E-state index < -0.39 is 17.7 Å². The van der Waals surface area contributed by atoms with Crippen molar-refractivity contribution in [1.82, 2.24) is 0 Å². The van der Waals surface area contributed by atoms with Crippen LogP contribution in [0.1, 0.15) is 57.7 Å². The van der Waals surface area contributed by atoms with Gasteiger partial charge >= 0.3 is 0 Å². The maximum Gasteiger partial charge on any atom is 0.133 e. The lowest BCUT2D eigenvalue weighted by atomic mass is 9.82. The molecule has 108 valence electrons. The molecule has 0 heterocycles. The topological polar surface area (TPSA) is 26.0 Å². The number of halogens is 2. The van der Waals surface area contributed by atoms with Gasteiger partial charge in [0.05, 0.1) is 0 Å². The number of rotatable bonds is 4. The maximum atomic E-state index is 14.0. The molecule has 2 atom stereocenters. The Morgan fingerprint density at radius 3 is 2.32 bits per heavy atom. The molecule has 0 radical (unpaired) electrons. The molecule has 0 amide bonds. The summed E-state index contributed by atoms with van der Waals surface area (Å²) in [6, 6.07) is 2.15. The van der Waals surface area contributed by atoms with E-state index in [2.05, 4.69) is 27.7 Å². The molecule has 1 rings (SSSR count). The first kappa shape index (κ1) is 16.1. The first-order valence-corrected chi connectivity index (χ1v) is 6.82. The van der Waals surface area contributed by atoms with Crippen molar-refractivity contribution in [1.29, 1.82) is 0 Å². The Labute approximate surface area is 115 Å².